The molecule has 1 aromatic rings. The van der Waals surface area contributed by atoms with Gasteiger partial charge in [0.2, 0.25) is 0 Å². The van der Waals surface area contributed by atoms with Gasteiger partial charge in [-0.25, -0.2) is 0 Å². The number of fused-ring (bicyclic) bond motifs is 1. The quantitative estimate of drug-likeness (QED) is 0.759. The summed E-state index contributed by atoms with van der Waals surface area (Å²) in [6.07, 6.45) is 5.66. The minimum atomic E-state index is -0.0181. The second-order valence-electron chi connectivity index (χ2n) is 6.94. The van der Waals surface area contributed by atoms with Gasteiger partial charge in [-0.05, 0) is 49.3 Å². The standard InChI is InChI=1S/C16H22BrNO/c1-15(2)5-7-16(8-6-15)10-13(18)12-9-11(17)3-4-14(12)19-16/h3-4,9,13H,5-8,10,18H2,1-2H3. The lowest BCUT2D eigenvalue weighted by molar-refractivity contribution is -0.0260. The minimum Gasteiger partial charge on any atom is -0.487 e. The van der Waals surface area contributed by atoms with Crippen molar-refractivity contribution in [3.63, 3.8) is 0 Å². The van der Waals surface area contributed by atoms with Crippen LogP contribution in [0.2, 0.25) is 0 Å². The van der Waals surface area contributed by atoms with E-state index in [1.54, 1.807) is 0 Å². The smallest absolute Gasteiger partial charge is 0.124 e. The van der Waals surface area contributed by atoms with Gasteiger partial charge < -0.3 is 10.5 Å². The predicted molar refractivity (Wildman–Crippen MR) is 81.3 cm³/mol. The highest BCUT2D eigenvalue weighted by atomic mass is 79.9. The third-order valence-electron chi connectivity index (χ3n) is 4.80. The molecule has 1 spiro atoms. The topological polar surface area (TPSA) is 35.2 Å². The number of halogens is 1. The fourth-order valence-electron chi connectivity index (χ4n) is 3.38. The maximum atomic E-state index is 6.39. The summed E-state index contributed by atoms with van der Waals surface area (Å²) in [6.45, 7) is 4.71. The number of benzene rings is 1. The van der Waals surface area contributed by atoms with Gasteiger partial charge in [-0.2, -0.15) is 0 Å². The number of nitrogens with two attached hydrogens (primary N) is 1. The van der Waals surface area contributed by atoms with Crippen molar-refractivity contribution in [2.24, 2.45) is 11.1 Å². The highest BCUT2D eigenvalue weighted by molar-refractivity contribution is 9.10. The molecule has 1 fully saturated rings. The van der Waals surface area contributed by atoms with E-state index in [4.69, 9.17) is 10.5 Å². The third-order valence-corrected chi connectivity index (χ3v) is 5.30. The first-order chi connectivity index (χ1) is 8.89. The van der Waals surface area contributed by atoms with Crippen molar-refractivity contribution in [2.75, 3.05) is 0 Å². The van der Waals surface area contributed by atoms with E-state index in [0.717, 1.165) is 35.0 Å². The van der Waals surface area contributed by atoms with Gasteiger partial charge in [0.1, 0.15) is 11.4 Å². The monoisotopic (exact) mass is 323 g/mol. The predicted octanol–water partition coefficient (Wildman–Crippen LogP) is 4.57. The van der Waals surface area contributed by atoms with Crippen molar-refractivity contribution in [2.45, 2.75) is 57.6 Å². The summed E-state index contributed by atoms with van der Waals surface area (Å²) in [6, 6.07) is 6.29. The third kappa shape index (κ3) is 2.55. The van der Waals surface area contributed by atoms with Crippen LogP contribution in [-0.2, 0) is 0 Å². The Hall–Kier alpha value is -0.540. The van der Waals surface area contributed by atoms with Crippen molar-refractivity contribution in [1.82, 2.24) is 0 Å². The molecule has 1 unspecified atom stereocenters. The number of hydrogen-bond acceptors (Lipinski definition) is 2. The molecule has 1 heterocycles. The molecule has 3 heteroatoms. The molecular weight excluding hydrogens is 302 g/mol. The van der Waals surface area contributed by atoms with Crippen LogP contribution in [0.5, 0.6) is 5.75 Å². The molecule has 19 heavy (non-hydrogen) atoms. The summed E-state index contributed by atoms with van der Waals surface area (Å²) < 4.78 is 7.45. The molecule has 1 aliphatic carbocycles. The van der Waals surface area contributed by atoms with E-state index in [1.165, 1.54) is 12.8 Å². The lowest BCUT2D eigenvalue weighted by Gasteiger charge is -2.47. The first-order valence-electron chi connectivity index (χ1n) is 7.13. The molecule has 104 valence electrons. The normalized spacial score (nSPS) is 27.7. The summed E-state index contributed by atoms with van der Waals surface area (Å²) in [5.74, 6) is 0.988. The molecule has 1 aliphatic heterocycles. The Morgan fingerprint density at radius 2 is 1.89 bits per heavy atom. The highest BCUT2D eigenvalue weighted by Crippen LogP contribution is 2.49. The molecule has 3 rings (SSSR count). The lowest BCUT2D eigenvalue weighted by atomic mass is 9.68. The van der Waals surface area contributed by atoms with Crippen LogP contribution in [0.1, 0.15) is 57.6 Å². The Labute approximate surface area is 123 Å². The first kappa shape index (κ1) is 13.4. The van der Waals surface area contributed by atoms with Gasteiger partial charge in [-0.3, -0.25) is 0 Å². The maximum Gasteiger partial charge on any atom is 0.124 e. The van der Waals surface area contributed by atoms with Crippen molar-refractivity contribution in [3.05, 3.63) is 28.2 Å². The Morgan fingerprint density at radius 1 is 1.21 bits per heavy atom. The van der Waals surface area contributed by atoms with Crippen LogP contribution in [0.15, 0.2) is 22.7 Å². The van der Waals surface area contributed by atoms with Crippen LogP contribution in [-0.4, -0.2) is 5.60 Å². The van der Waals surface area contributed by atoms with Gasteiger partial charge in [-0.1, -0.05) is 29.8 Å². The molecule has 1 saturated carbocycles. The Kier molecular flexibility index (Phi) is 3.18. The van der Waals surface area contributed by atoms with Crippen molar-refractivity contribution >= 4 is 15.9 Å². The fraction of sp³-hybridized carbons (Fsp3) is 0.625. The van der Waals surface area contributed by atoms with Crippen LogP contribution >= 0.6 is 15.9 Å². The molecule has 0 bridgehead atoms. The van der Waals surface area contributed by atoms with Crippen molar-refractivity contribution in [3.8, 4) is 5.75 Å². The van der Waals surface area contributed by atoms with Crippen LogP contribution in [0.4, 0.5) is 0 Å². The van der Waals surface area contributed by atoms with E-state index < -0.39 is 0 Å². The van der Waals surface area contributed by atoms with E-state index in [1.807, 2.05) is 6.07 Å². The van der Waals surface area contributed by atoms with Crippen molar-refractivity contribution in [1.29, 1.82) is 0 Å². The second-order valence-corrected chi connectivity index (χ2v) is 7.86. The minimum absolute atomic E-state index is 0.0181. The summed E-state index contributed by atoms with van der Waals surface area (Å²) in [5, 5.41) is 0. The lowest BCUT2D eigenvalue weighted by Crippen LogP contribution is -2.46. The zero-order valence-electron chi connectivity index (χ0n) is 11.7. The molecule has 2 nitrogen and oxygen atoms in total. The zero-order chi connectivity index (χ0) is 13.7. The van der Waals surface area contributed by atoms with E-state index >= 15 is 0 Å². The van der Waals surface area contributed by atoms with Gasteiger partial charge in [-0.15, -0.1) is 0 Å². The van der Waals surface area contributed by atoms with Crippen LogP contribution in [0, 0.1) is 5.41 Å². The molecule has 1 atom stereocenters. The molecule has 0 aromatic heterocycles. The van der Waals surface area contributed by atoms with E-state index in [9.17, 15) is 0 Å². The first-order valence-corrected chi connectivity index (χ1v) is 7.93. The van der Waals surface area contributed by atoms with Crippen LogP contribution in [0.3, 0.4) is 0 Å². The largest absolute Gasteiger partial charge is 0.487 e. The molecule has 1 aromatic carbocycles. The summed E-state index contributed by atoms with van der Waals surface area (Å²) in [4.78, 5) is 0. The highest BCUT2D eigenvalue weighted by Gasteiger charge is 2.44. The number of rotatable bonds is 0. The van der Waals surface area contributed by atoms with Gasteiger partial charge in [0.25, 0.3) is 0 Å². The molecule has 2 N–H and O–H groups in total. The van der Waals surface area contributed by atoms with E-state index in [0.29, 0.717) is 5.41 Å². The molecule has 0 amide bonds. The van der Waals surface area contributed by atoms with Gasteiger partial charge >= 0.3 is 0 Å². The molecule has 2 aliphatic rings. The second kappa shape index (κ2) is 4.49. The van der Waals surface area contributed by atoms with E-state index in [-0.39, 0.29) is 11.6 Å². The fourth-order valence-corrected chi connectivity index (χ4v) is 3.76. The molecular formula is C16H22BrNO. The molecule has 0 radical (unpaired) electrons. The Morgan fingerprint density at radius 3 is 2.58 bits per heavy atom. The Balaban J connectivity index is 1.87. The van der Waals surface area contributed by atoms with Crippen LogP contribution < -0.4 is 10.5 Å². The number of ether oxygens (including phenoxy) is 1. The van der Waals surface area contributed by atoms with Gasteiger partial charge in [0, 0.05) is 22.5 Å². The average Bonchev–Trinajstić information content (AvgIpc) is 2.35. The molecule has 0 saturated heterocycles. The summed E-state index contributed by atoms with van der Waals surface area (Å²) >= 11 is 3.51. The Bertz CT molecular complexity index is 488. The van der Waals surface area contributed by atoms with Gasteiger partial charge in [0.15, 0.2) is 0 Å². The average molecular weight is 324 g/mol. The maximum absolute atomic E-state index is 6.39. The SMILES string of the molecule is CC1(C)CCC2(CC1)CC(N)c1cc(Br)ccc1O2. The summed E-state index contributed by atoms with van der Waals surface area (Å²) in [7, 11) is 0. The number of hydrogen-bond donors (Lipinski definition) is 1. The van der Waals surface area contributed by atoms with Crippen LogP contribution in [0.25, 0.3) is 0 Å². The van der Waals surface area contributed by atoms with Gasteiger partial charge in [0.05, 0.1) is 0 Å². The zero-order valence-corrected chi connectivity index (χ0v) is 13.3. The van der Waals surface area contributed by atoms with E-state index in [2.05, 4.69) is 41.9 Å². The summed E-state index contributed by atoms with van der Waals surface area (Å²) in [5.41, 5.74) is 7.97. The van der Waals surface area contributed by atoms with Crippen molar-refractivity contribution < 1.29 is 4.74 Å².